The second kappa shape index (κ2) is 12.0. The highest BCUT2D eigenvalue weighted by Gasteiger charge is 2.43. The summed E-state index contributed by atoms with van der Waals surface area (Å²) in [7, 11) is 2.81. The van der Waals surface area contributed by atoms with E-state index in [1.807, 2.05) is 13.0 Å². The predicted molar refractivity (Wildman–Crippen MR) is 122 cm³/mol. The molecule has 1 aliphatic heterocycles. The normalized spacial score (nSPS) is 20.6. The maximum absolute atomic E-state index is 13.5. The number of halogens is 1. The third kappa shape index (κ3) is 6.93. The van der Waals surface area contributed by atoms with Crippen molar-refractivity contribution in [3.8, 4) is 5.88 Å². The van der Waals surface area contributed by atoms with E-state index in [0.29, 0.717) is 25.3 Å². The van der Waals surface area contributed by atoms with Gasteiger partial charge in [0.2, 0.25) is 5.88 Å². The van der Waals surface area contributed by atoms with Crippen LogP contribution in [0.4, 0.5) is 14.0 Å². The lowest BCUT2D eigenvalue weighted by molar-refractivity contribution is -0.159. The van der Waals surface area contributed by atoms with E-state index < -0.39 is 31.1 Å². The summed E-state index contributed by atoms with van der Waals surface area (Å²) in [6.45, 7) is 1.18. The largest absolute Gasteiger partial charge is 0.481 e. The molecule has 0 aromatic carbocycles. The Hall–Kier alpha value is -3.15. The zero-order valence-corrected chi connectivity index (χ0v) is 20.2. The quantitative estimate of drug-likeness (QED) is 0.471. The summed E-state index contributed by atoms with van der Waals surface area (Å²) in [5, 5.41) is 12.0. The second-order valence-corrected chi connectivity index (χ2v) is 8.70. The highest BCUT2D eigenvalue weighted by Crippen LogP contribution is 2.36. The van der Waals surface area contributed by atoms with Gasteiger partial charge in [-0.1, -0.05) is 0 Å². The highest BCUT2D eigenvalue weighted by atomic mass is 19.1. The Bertz CT molecular complexity index is 914. The van der Waals surface area contributed by atoms with Crippen LogP contribution in [0, 0.1) is 0 Å². The minimum absolute atomic E-state index is 0.00278. The van der Waals surface area contributed by atoms with Crippen molar-refractivity contribution < 1.29 is 38.1 Å². The fraction of sp³-hybridized carbons (Fsp3) is 0.652. The summed E-state index contributed by atoms with van der Waals surface area (Å²) < 4.78 is 28.9. The van der Waals surface area contributed by atoms with E-state index in [-0.39, 0.29) is 31.1 Å². The van der Waals surface area contributed by atoms with Crippen molar-refractivity contribution in [2.45, 2.75) is 56.9 Å². The molecule has 35 heavy (non-hydrogen) atoms. The van der Waals surface area contributed by atoms with E-state index in [9.17, 15) is 23.9 Å². The van der Waals surface area contributed by atoms with Gasteiger partial charge in [-0.15, -0.1) is 0 Å². The average Bonchev–Trinajstić information content (AvgIpc) is 3.70. The number of hydrogen-bond donors (Lipinski definition) is 2. The van der Waals surface area contributed by atoms with E-state index in [1.165, 1.54) is 14.2 Å². The van der Waals surface area contributed by atoms with Crippen LogP contribution in [-0.2, 0) is 20.7 Å². The van der Waals surface area contributed by atoms with Gasteiger partial charge in [-0.05, 0) is 44.2 Å². The van der Waals surface area contributed by atoms with Crippen molar-refractivity contribution >= 4 is 18.1 Å². The molecule has 3 rings (SSSR count). The first-order valence-corrected chi connectivity index (χ1v) is 11.7. The van der Waals surface area contributed by atoms with Gasteiger partial charge in [-0.25, -0.2) is 19.0 Å². The van der Waals surface area contributed by atoms with Gasteiger partial charge in [0, 0.05) is 24.3 Å². The predicted octanol–water partition coefficient (Wildman–Crippen LogP) is 2.15. The number of carbonyl (C=O) groups excluding carboxylic acids is 2. The molecule has 3 atom stereocenters. The second-order valence-electron chi connectivity index (χ2n) is 8.70. The first kappa shape index (κ1) is 26.5. The minimum Gasteiger partial charge on any atom is -0.481 e. The summed E-state index contributed by atoms with van der Waals surface area (Å²) >= 11 is 0. The highest BCUT2D eigenvalue weighted by molar-refractivity contribution is 5.83. The zero-order chi connectivity index (χ0) is 25.5. The van der Waals surface area contributed by atoms with Crippen LogP contribution in [-0.4, -0.2) is 96.8 Å². The minimum atomic E-state index is -1.21. The number of nitrogens with zero attached hydrogens (tertiary/aromatic N) is 3. The summed E-state index contributed by atoms with van der Waals surface area (Å²) in [6.07, 6.45) is -0.917. The maximum atomic E-state index is 13.5. The topological polar surface area (TPSA) is 131 Å². The molecule has 12 heteroatoms. The Morgan fingerprint density at radius 3 is 2.66 bits per heavy atom. The molecular formula is C23H33FN4O7. The summed E-state index contributed by atoms with van der Waals surface area (Å²) in [5.41, 5.74) is 1.55. The third-order valence-electron chi connectivity index (χ3n) is 6.13. The number of aryl methyl sites for hydroxylation is 1. The van der Waals surface area contributed by atoms with Crippen molar-refractivity contribution in [1.82, 2.24) is 20.1 Å². The third-order valence-corrected chi connectivity index (χ3v) is 6.13. The Balaban J connectivity index is 1.77. The SMILES string of the molecule is COC(=O)NCCCc1cc([C@@H](C)N(C(=O)[C@H]2CN(C(=O)O)C[C@@H](CF)O2)C2CC2)cc(OC)n1. The number of carboxylic acid groups (broad SMARTS) is 1. The molecular weight excluding hydrogens is 463 g/mol. The van der Waals surface area contributed by atoms with Gasteiger partial charge in [0.05, 0.1) is 33.4 Å². The average molecular weight is 497 g/mol. The molecule has 1 saturated heterocycles. The van der Waals surface area contributed by atoms with E-state index in [1.54, 1.807) is 11.0 Å². The van der Waals surface area contributed by atoms with Gasteiger partial charge < -0.3 is 34.4 Å². The van der Waals surface area contributed by atoms with Crippen LogP contribution < -0.4 is 10.1 Å². The number of aromatic nitrogens is 1. The lowest BCUT2D eigenvalue weighted by Gasteiger charge is -2.39. The monoisotopic (exact) mass is 496 g/mol. The molecule has 0 radical (unpaired) electrons. The molecule has 2 aliphatic rings. The Morgan fingerprint density at radius 1 is 1.31 bits per heavy atom. The molecule has 2 heterocycles. The van der Waals surface area contributed by atoms with Crippen LogP contribution in [0.1, 0.15) is 43.5 Å². The van der Waals surface area contributed by atoms with E-state index >= 15 is 0 Å². The zero-order valence-electron chi connectivity index (χ0n) is 20.2. The molecule has 194 valence electrons. The van der Waals surface area contributed by atoms with Crippen LogP contribution in [0.3, 0.4) is 0 Å². The van der Waals surface area contributed by atoms with Crippen LogP contribution in [0.5, 0.6) is 5.88 Å². The number of alkyl carbamates (subject to hydrolysis) is 1. The van der Waals surface area contributed by atoms with Crippen LogP contribution in [0.25, 0.3) is 0 Å². The molecule has 0 spiro atoms. The van der Waals surface area contributed by atoms with Gasteiger partial charge >= 0.3 is 12.2 Å². The van der Waals surface area contributed by atoms with Crippen molar-refractivity contribution in [3.05, 3.63) is 23.4 Å². The van der Waals surface area contributed by atoms with E-state index in [2.05, 4.69) is 15.0 Å². The molecule has 2 N–H and O–H groups in total. The first-order valence-electron chi connectivity index (χ1n) is 11.7. The van der Waals surface area contributed by atoms with Crippen LogP contribution in [0.2, 0.25) is 0 Å². The summed E-state index contributed by atoms with van der Waals surface area (Å²) in [4.78, 5) is 43.5. The van der Waals surface area contributed by atoms with E-state index in [0.717, 1.165) is 29.0 Å². The van der Waals surface area contributed by atoms with Crippen molar-refractivity contribution in [2.75, 3.05) is 40.5 Å². The molecule has 0 unspecified atom stereocenters. The van der Waals surface area contributed by atoms with E-state index in [4.69, 9.17) is 9.47 Å². The number of nitrogens with one attached hydrogen (secondary N) is 1. The number of rotatable bonds is 10. The number of alkyl halides is 1. The maximum Gasteiger partial charge on any atom is 0.407 e. The van der Waals surface area contributed by atoms with Crippen molar-refractivity contribution in [2.24, 2.45) is 0 Å². The lowest BCUT2D eigenvalue weighted by atomic mass is 10.0. The number of ether oxygens (including phenoxy) is 3. The van der Waals surface area contributed by atoms with Gasteiger partial charge in [0.1, 0.15) is 12.8 Å². The van der Waals surface area contributed by atoms with Gasteiger partial charge in [-0.2, -0.15) is 0 Å². The number of morpholine rings is 1. The number of hydrogen-bond acceptors (Lipinski definition) is 7. The smallest absolute Gasteiger partial charge is 0.407 e. The standard InChI is InChI=1S/C23H33FN4O7/c1-14(15-9-16(26-20(10-15)33-2)5-4-8-25-22(30)34-3)28(17-6-7-17)21(29)19-13-27(23(31)32)12-18(11-24)35-19/h9-10,14,17-19H,4-8,11-13H2,1-3H3,(H,25,30)(H,31,32)/t14-,18-,19-/m1/s1. The van der Waals surface area contributed by atoms with Gasteiger partial charge in [0.25, 0.3) is 5.91 Å². The Morgan fingerprint density at radius 2 is 2.06 bits per heavy atom. The fourth-order valence-electron chi connectivity index (χ4n) is 4.17. The lowest BCUT2D eigenvalue weighted by Crippen LogP contribution is -2.56. The molecule has 2 fully saturated rings. The molecule has 3 amide bonds. The fourth-order valence-corrected chi connectivity index (χ4v) is 4.17. The number of pyridine rings is 1. The number of carbonyl (C=O) groups is 3. The molecule has 1 aliphatic carbocycles. The van der Waals surface area contributed by atoms with Crippen molar-refractivity contribution in [3.63, 3.8) is 0 Å². The molecule has 1 saturated carbocycles. The van der Waals surface area contributed by atoms with Crippen LogP contribution >= 0.6 is 0 Å². The molecule has 1 aromatic heterocycles. The van der Waals surface area contributed by atoms with Crippen LogP contribution in [0.15, 0.2) is 12.1 Å². The molecule has 0 bridgehead atoms. The van der Waals surface area contributed by atoms with Gasteiger partial charge in [0.15, 0.2) is 6.10 Å². The Labute approximate surface area is 203 Å². The number of amides is 3. The van der Waals surface area contributed by atoms with Gasteiger partial charge in [-0.3, -0.25) is 4.79 Å². The summed E-state index contributed by atoms with van der Waals surface area (Å²) in [6, 6.07) is 3.28. The molecule has 11 nitrogen and oxygen atoms in total. The molecule has 1 aromatic rings. The summed E-state index contributed by atoms with van der Waals surface area (Å²) in [5.74, 6) is 0.0425. The van der Waals surface area contributed by atoms with Crippen molar-refractivity contribution in [1.29, 1.82) is 0 Å². The Kier molecular flexibility index (Phi) is 9.07. The first-order chi connectivity index (χ1) is 16.8. The number of methoxy groups -OCH3 is 2.